The van der Waals surface area contributed by atoms with E-state index in [1.165, 1.54) is 24.3 Å². The van der Waals surface area contributed by atoms with Crippen LogP contribution in [-0.2, 0) is 16.6 Å². The maximum absolute atomic E-state index is 13.4. The number of carbonyl (C=O) groups is 2. The molecule has 1 heterocycles. The second kappa shape index (κ2) is 7.81. The van der Waals surface area contributed by atoms with Crippen molar-refractivity contribution in [1.29, 1.82) is 0 Å². The van der Waals surface area contributed by atoms with E-state index >= 15 is 0 Å². The van der Waals surface area contributed by atoms with Gasteiger partial charge in [-0.25, -0.2) is 4.79 Å². The molecule has 1 saturated carbocycles. The monoisotopic (exact) mass is 484 g/mol. The minimum Gasteiger partial charge on any atom is -0.478 e. The SMILES string of the molecule is Cc1ccc(CC(=O)C2(c3ccc4c(c3)OC(F)(F)O4)CC2)cc1-c1ccc(C(=O)O)cc1Cl. The van der Waals surface area contributed by atoms with Gasteiger partial charge < -0.3 is 14.6 Å². The molecule has 1 N–H and O–H groups in total. The minimum atomic E-state index is -3.70. The topological polar surface area (TPSA) is 72.8 Å². The van der Waals surface area contributed by atoms with Gasteiger partial charge in [0.1, 0.15) is 5.78 Å². The zero-order valence-electron chi connectivity index (χ0n) is 18.0. The molecule has 1 aliphatic heterocycles. The molecule has 8 heteroatoms. The van der Waals surface area contributed by atoms with E-state index in [1.54, 1.807) is 12.1 Å². The lowest BCUT2D eigenvalue weighted by Gasteiger charge is -2.16. The Balaban J connectivity index is 1.41. The Morgan fingerprint density at radius 1 is 0.971 bits per heavy atom. The fourth-order valence-corrected chi connectivity index (χ4v) is 4.67. The van der Waals surface area contributed by atoms with Crippen molar-refractivity contribution in [2.45, 2.75) is 37.9 Å². The molecule has 5 rings (SSSR count). The molecular weight excluding hydrogens is 466 g/mol. The summed E-state index contributed by atoms with van der Waals surface area (Å²) in [6, 6.07) is 14.7. The molecular formula is C26H19ClF2O5. The fraction of sp³-hybridized carbons (Fsp3) is 0.231. The van der Waals surface area contributed by atoms with Crippen LogP contribution in [0, 0.1) is 6.92 Å². The van der Waals surface area contributed by atoms with E-state index in [-0.39, 0.29) is 29.3 Å². The molecule has 0 radical (unpaired) electrons. The zero-order chi connectivity index (χ0) is 24.3. The van der Waals surface area contributed by atoms with E-state index in [0.29, 0.717) is 29.0 Å². The third kappa shape index (κ3) is 3.90. The van der Waals surface area contributed by atoms with Crippen molar-refractivity contribution in [2.75, 3.05) is 0 Å². The summed E-state index contributed by atoms with van der Waals surface area (Å²) in [7, 11) is 0. The Morgan fingerprint density at radius 3 is 2.38 bits per heavy atom. The number of hydrogen-bond donors (Lipinski definition) is 1. The average Bonchev–Trinajstić information content (AvgIpc) is 3.52. The van der Waals surface area contributed by atoms with Crippen molar-refractivity contribution < 1.29 is 33.0 Å². The summed E-state index contributed by atoms with van der Waals surface area (Å²) < 4.78 is 35.8. The lowest BCUT2D eigenvalue weighted by Crippen LogP contribution is -2.26. The number of rotatable bonds is 6. The number of aromatic carboxylic acids is 1. The van der Waals surface area contributed by atoms with Gasteiger partial charge in [-0.1, -0.05) is 41.9 Å². The van der Waals surface area contributed by atoms with E-state index < -0.39 is 17.7 Å². The highest BCUT2D eigenvalue weighted by molar-refractivity contribution is 6.33. The molecule has 0 spiro atoms. The van der Waals surface area contributed by atoms with Gasteiger partial charge >= 0.3 is 12.3 Å². The molecule has 0 aromatic heterocycles. The number of hydrogen-bond acceptors (Lipinski definition) is 4. The number of fused-ring (bicyclic) bond motifs is 1. The number of carbonyl (C=O) groups excluding carboxylic acids is 1. The lowest BCUT2D eigenvalue weighted by molar-refractivity contribution is -0.286. The van der Waals surface area contributed by atoms with Crippen molar-refractivity contribution in [1.82, 2.24) is 0 Å². The molecule has 0 atom stereocenters. The number of carboxylic acids is 1. The van der Waals surface area contributed by atoms with Gasteiger partial charge in [-0.2, -0.15) is 0 Å². The summed E-state index contributed by atoms with van der Waals surface area (Å²) >= 11 is 6.36. The Labute approximate surface area is 198 Å². The Kier molecular flexibility index (Phi) is 5.13. The van der Waals surface area contributed by atoms with Crippen LogP contribution in [0.5, 0.6) is 11.5 Å². The molecule has 174 valence electrons. The van der Waals surface area contributed by atoms with E-state index in [4.69, 9.17) is 11.6 Å². The van der Waals surface area contributed by atoms with Crippen LogP contribution in [-0.4, -0.2) is 23.2 Å². The summed E-state index contributed by atoms with van der Waals surface area (Å²) in [5.74, 6) is -1.20. The number of ether oxygens (including phenoxy) is 2. The van der Waals surface area contributed by atoms with Crippen LogP contribution in [0.15, 0.2) is 54.6 Å². The van der Waals surface area contributed by atoms with Crippen LogP contribution in [0.25, 0.3) is 11.1 Å². The summed E-state index contributed by atoms with van der Waals surface area (Å²) in [4.78, 5) is 24.5. The molecule has 0 saturated heterocycles. The predicted octanol–water partition coefficient (Wildman–Crippen LogP) is 6.18. The quantitative estimate of drug-likeness (QED) is 0.452. The normalized spacial score (nSPS) is 16.8. The first-order valence-corrected chi connectivity index (χ1v) is 11.0. The lowest BCUT2D eigenvalue weighted by atomic mass is 9.87. The standard InChI is InChI=1S/C26H19ClF2O5/c1-14-2-3-15(10-19(14)18-6-4-16(24(31)32)12-20(18)27)11-23(30)25(8-9-25)17-5-7-21-22(13-17)34-26(28,29)33-21/h2-7,10,12-13H,8-9,11H2,1H3,(H,31,32). The number of aryl methyl sites for hydroxylation is 1. The maximum Gasteiger partial charge on any atom is 0.586 e. The number of alkyl halides is 2. The van der Waals surface area contributed by atoms with Crippen LogP contribution in [0.4, 0.5) is 8.78 Å². The average molecular weight is 485 g/mol. The number of carboxylic acid groups (broad SMARTS) is 1. The number of ketones is 1. The smallest absolute Gasteiger partial charge is 0.478 e. The van der Waals surface area contributed by atoms with Crippen LogP contribution in [0.3, 0.4) is 0 Å². The number of halogens is 3. The highest BCUT2D eigenvalue weighted by Gasteiger charge is 2.52. The maximum atomic E-state index is 13.4. The molecule has 3 aromatic carbocycles. The molecule has 3 aromatic rings. The first kappa shape index (κ1) is 22.3. The summed E-state index contributed by atoms with van der Waals surface area (Å²) in [5, 5.41) is 9.48. The van der Waals surface area contributed by atoms with Crippen molar-refractivity contribution in [2.24, 2.45) is 0 Å². The van der Waals surface area contributed by atoms with Crippen molar-refractivity contribution >= 4 is 23.4 Å². The van der Waals surface area contributed by atoms with Gasteiger partial charge in [0.2, 0.25) is 0 Å². The highest BCUT2D eigenvalue weighted by Crippen LogP contribution is 2.52. The van der Waals surface area contributed by atoms with E-state index in [0.717, 1.165) is 16.7 Å². The van der Waals surface area contributed by atoms with Gasteiger partial charge in [-0.05, 0) is 66.3 Å². The molecule has 0 bridgehead atoms. The highest BCUT2D eigenvalue weighted by atomic mass is 35.5. The molecule has 2 aliphatic rings. The van der Waals surface area contributed by atoms with Gasteiger partial charge in [-0.3, -0.25) is 4.79 Å². The second-order valence-electron chi connectivity index (χ2n) is 8.66. The molecule has 0 unspecified atom stereocenters. The Hall–Kier alpha value is -3.45. The molecule has 5 nitrogen and oxygen atoms in total. The van der Waals surface area contributed by atoms with Gasteiger partial charge in [0.15, 0.2) is 11.5 Å². The Morgan fingerprint density at radius 2 is 1.71 bits per heavy atom. The zero-order valence-corrected chi connectivity index (χ0v) is 18.8. The third-order valence-electron chi connectivity index (χ3n) is 6.41. The summed E-state index contributed by atoms with van der Waals surface area (Å²) in [6.45, 7) is 1.91. The van der Waals surface area contributed by atoms with Gasteiger partial charge in [0, 0.05) is 17.0 Å². The van der Waals surface area contributed by atoms with Gasteiger partial charge in [-0.15, -0.1) is 8.78 Å². The third-order valence-corrected chi connectivity index (χ3v) is 6.72. The molecule has 34 heavy (non-hydrogen) atoms. The van der Waals surface area contributed by atoms with Gasteiger partial charge in [0.05, 0.1) is 11.0 Å². The van der Waals surface area contributed by atoms with E-state index in [1.807, 2.05) is 25.1 Å². The number of benzene rings is 3. The fourth-order valence-electron chi connectivity index (χ4n) is 4.39. The summed E-state index contributed by atoms with van der Waals surface area (Å²) in [5.41, 5.74) is 3.19. The minimum absolute atomic E-state index is 0.0137. The molecule has 1 fully saturated rings. The van der Waals surface area contributed by atoms with Crippen LogP contribution in [0.2, 0.25) is 5.02 Å². The number of Topliss-reactive ketones (excluding diaryl/α,β-unsaturated/α-hetero) is 1. The van der Waals surface area contributed by atoms with Crippen LogP contribution >= 0.6 is 11.6 Å². The molecule has 0 amide bonds. The van der Waals surface area contributed by atoms with Crippen molar-refractivity contribution in [3.63, 3.8) is 0 Å². The summed E-state index contributed by atoms with van der Waals surface area (Å²) in [6.07, 6.45) is -2.29. The first-order valence-electron chi connectivity index (χ1n) is 10.6. The van der Waals surface area contributed by atoms with E-state index in [2.05, 4.69) is 9.47 Å². The largest absolute Gasteiger partial charge is 0.586 e. The second-order valence-corrected chi connectivity index (χ2v) is 9.07. The van der Waals surface area contributed by atoms with Gasteiger partial charge in [0.25, 0.3) is 0 Å². The van der Waals surface area contributed by atoms with E-state index in [9.17, 15) is 23.5 Å². The Bertz CT molecular complexity index is 1350. The van der Waals surface area contributed by atoms with Crippen molar-refractivity contribution in [3.8, 4) is 22.6 Å². The van der Waals surface area contributed by atoms with Crippen LogP contribution < -0.4 is 9.47 Å². The first-order chi connectivity index (χ1) is 16.1. The van der Waals surface area contributed by atoms with Crippen LogP contribution in [0.1, 0.15) is 39.9 Å². The predicted molar refractivity (Wildman–Crippen MR) is 121 cm³/mol. The molecule has 1 aliphatic carbocycles. The van der Waals surface area contributed by atoms with Crippen molar-refractivity contribution in [3.05, 3.63) is 81.9 Å².